The summed E-state index contributed by atoms with van der Waals surface area (Å²) in [6, 6.07) is 7.02. The van der Waals surface area contributed by atoms with Gasteiger partial charge in [0.15, 0.2) is 0 Å². The van der Waals surface area contributed by atoms with Gasteiger partial charge in [0.2, 0.25) is 0 Å². The number of azide groups is 1. The standard InChI is InChI=1S/C13H16N6O/c1-2-11-10-19(18-16-11)8-3-9-20-13-6-4-12(5-7-13)15-17-14/h4-7,10H,2-3,8-9H2,1H3. The van der Waals surface area contributed by atoms with E-state index < -0.39 is 0 Å². The fourth-order valence-electron chi connectivity index (χ4n) is 1.69. The zero-order valence-corrected chi connectivity index (χ0v) is 11.3. The fourth-order valence-corrected chi connectivity index (χ4v) is 1.69. The molecule has 7 nitrogen and oxygen atoms in total. The first-order chi connectivity index (χ1) is 9.81. The summed E-state index contributed by atoms with van der Waals surface area (Å²) in [4.78, 5) is 2.72. The van der Waals surface area contributed by atoms with Crippen LogP contribution >= 0.6 is 0 Å². The molecule has 0 N–H and O–H groups in total. The van der Waals surface area contributed by atoms with E-state index in [-0.39, 0.29) is 0 Å². The predicted octanol–water partition coefficient (Wildman–Crippen LogP) is 3.25. The van der Waals surface area contributed by atoms with E-state index in [0.717, 1.165) is 30.8 Å². The van der Waals surface area contributed by atoms with Gasteiger partial charge in [0.05, 0.1) is 12.3 Å². The highest BCUT2D eigenvalue weighted by molar-refractivity contribution is 5.40. The molecule has 0 radical (unpaired) electrons. The molecule has 0 amide bonds. The van der Waals surface area contributed by atoms with E-state index in [4.69, 9.17) is 10.3 Å². The van der Waals surface area contributed by atoms with E-state index in [1.807, 2.05) is 10.9 Å². The molecule has 1 aromatic carbocycles. The van der Waals surface area contributed by atoms with Crippen molar-refractivity contribution < 1.29 is 4.74 Å². The van der Waals surface area contributed by atoms with Gasteiger partial charge in [-0.3, -0.25) is 4.68 Å². The number of nitrogens with zero attached hydrogens (tertiary/aromatic N) is 6. The van der Waals surface area contributed by atoms with Crippen molar-refractivity contribution in [1.29, 1.82) is 0 Å². The molecule has 0 atom stereocenters. The van der Waals surface area contributed by atoms with E-state index >= 15 is 0 Å². The Labute approximate surface area is 116 Å². The van der Waals surface area contributed by atoms with Gasteiger partial charge >= 0.3 is 0 Å². The van der Waals surface area contributed by atoms with Crippen molar-refractivity contribution in [3.05, 3.63) is 46.6 Å². The zero-order valence-electron chi connectivity index (χ0n) is 11.3. The summed E-state index contributed by atoms with van der Waals surface area (Å²) >= 11 is 0. The normalized spacial score (nSPS) is 10.1. The number of ether oxygens (including phenoxy) is 1. The highest BCUT2D eigenvalue weighted by Crippen LogP contribution is 2.18. The van der Waals surface area contributed by atoms with E-state index in [1.54, 1.807) is 24.3 Å². The molecule has 0 fully saturated rings. The van der Waals surface area contributed by atoms with Crippen molar-refractivity contribution in [2.75, 3.05) is 6.61 Å². The van der Waals surface area contributed by atoms with Gasteiger partial charge in [0, 0.05) is 29.8 Å². The first kappa shape index (κ1) is 13.9. The molecule has 104 valence electrons. The molecule has 2 aromatic rings. The average Bonchev–Trinajstić information content (AvgIpc) is 2.94. The third-order valence-corrected chi connectivity index (χ3v) is 2.75. The van der Waals surface area contributed by atoms with Crippen LogP contribution in [-0.2, 0) is 13.0 Å². The lowest BCUT2D eigenvalue weighted by Gasteiger charge is -2.06. The molecule has 1 heterocycles. The van der Waals surface area contributed by atoms with Crippen LogP contribution in [0.3, 0.4) is 0 Å². The second-order valence-corrected chi connectivity index (χ2v) is 4.21. The van der Waals surface area contributed by atoms with Crippen molar-refractivity contribution in [2.45, 2.75) is 26.3 Å². The molecule has 7 heteroatoms. The molecule has 20 heavy (non-hydrogen) atoms. The van der Waals surface area contributed by atoms with Gasteiger partial charge in [0.25, 0.3) is 0 Å². The van der Waals surface area contributed by atoms with Crippen molar-refractivity contribution >= 4 is 5.69 Å². The lowest BCUT2D eigenvalue weighted by atomic mass is 10.3. The predicted molar refractivity (Wildman–Crippen MR) is 74.8 cm³/mol. The van der Waals surface area contributed by atoms with Gasteiger partial charge in [-0.25, -0.2) is 0 Å². The molecule has 0 spiro atoms. The van der Waals surface area contributed by atoms with Gasteiger partial charge in [0.1, 0.15) is 5.75 Å². The third kappa shape index (κ3) is 4.00. The Hall–Kier alpha value is -2.53. The molecule has 0 saturated heterocycles. The number of benzene rings is 1. The van der Waals surface area contributed by atoms with Crippen molar-refractivity contribution in [3.8, 4) is 5.75 Å². The van der Waals surface area contributed by atoms with Crippen LogP contribution in [0.5, 0.6) is 5.75 Å². The van der Waals surface area contributed by atoms with Crippen LogP contribution in [0.4, 0.5) is 5.69 Å². The van der Waals surface area contributed by atoms with E-state index in [1.165, 1.54) is 0 Å². The quantitative estimate of drug-likeness (QED) is 0.335. The Morgan fingerprint density at radius 3 is 2.80 bits per heavy atom. The highest BCUT2D eigenvalue weighted by Gasteiger charge is 1.99. The zero-order chi connectivity index (χ0) is 14.2. The molecule has 1 aromatic heterocycles. The lowest BCUT2D eigenvalue weighted by Crippen LogP contribution is -2.05. The summed E-state index contributed by atoms with van der Waals surface area (Å²) in [5.41, 5.74) is 9.88. The second kappa shape index (κ2) is 7.16. The van der Waals surface area contributed by atoms with Crippen LogP contribution in [0, 0.1) is 0 Å². The van der Waals surface area contributed by atoms with Crippen LogP contribution in [0.2, 0.25) is 0 Å². The number of rotatable bonds is 7. The van der Waals surface area contributed by atoms with Crippen LogP contribution in [0.1, 0.15) is 19.0 Å². The Bertz CT molecular complexity index is 585. The summed E-state index contributed by atoms with van der Waals surface area (Å²) < 4.78 is 7.42. The van der Waals surface area contributed by atoms with Crippen LogP contribution in [0.15, 0.2) is 35.6 Å². The Balaban J connectivity index is 1.74. The highest BCUT2D eigenvalue weighted by atomic mass is 16.5. The van der Waals surface area contributed by atoms with Gasteiger partial charge in [-0.2, -0.15) is 0 Å². The number of aromatic nitrogens is 3. The third-order valence-electron chi connectivity index (χ3n) is 2.75. The minimum absolute atomic E-state index is 0.578. The minimum atomic E-state index is 0.578. The number of aryl methyl sites for hydroxylation is 2. The maximum Gasteiger partial charge on any atom is 0.119 e. The average molecular weight is 272 g/mol. The van der Waals surface area contributed by atoms with Crippen LogP contribution in [0.25, 0.3) is 10.4 Å². The molecular formula is C13H16N6O. The van der Waals surface area contributed by atoms with E-state index in [2.05, 4.69) is 27.3 Å². The van der Waals surface area contributed by atoms with Crippen LogP contribution < -0.4 is 4.74 Å². The summed E-state index contributed by atoms with van der Waals surface area (Å²) in [6.07, 6.45) is 3.70. The molecule has 0 aliphatic carbocycles. The van der Waals surface area contributed by atoms with Gasteiger partial charge in [-0.05, 0) is 36.2 Å². The Morgan fingerprint density at radius 1 is 1.35 bits per heavy atom. The lowest BCUT2D eigenvalue weighted by molar-refractivity contribution is 0.298. The van der Waals surface area contributed by atoms with Gasteiger partial charge < -0.3 is 4.74 Å². The Kier molecular flexibility index (Phi) is 4.97. The maximum absolute atomic E-state index is 8.30. The topological polar surface area (TPSA) is 88.7 Å². The van der Waals surface area contributed by atoms with Crippen LogP contribution in [-0.4, -0.2) is 21.6 Å². The summed E-state index contributed by atoms with van der Waals surface area (Å²) in [5, 5.41) is 11.6. The molecule has 0 saturated carbocycles. The minimum Gasteiger partial charge on any atom is -0.494 e. The number of hydrogen-bond acceptors (Lipinski definition) is 4. The number of hydrogen-bond donors (Lipinski definition) is 0. The summed E-state index contributed by atoms with van der Waals surface area (Å²) in [5.74, 6) is 0.759. The smallest absolute Gasteiger partial charge is 0.119 e. The van der Waals surface area contributed by atoms with Crippen molar-refractivity contribution in [3.63, 3.8) is 0 Å². The second-order valence-electron chi connectivity index (χ2n) is 4.21. The maximum atomic E-state index is 8.30. The monoisotopic (exact) mass is 272 g/mol. The SMILES string of the molecule is CCc1cn(CCCOc2ccc(N=[N+]=[N-])cc2)nn1. The van der Waals surface area contributed by atoms with Gasteiger partial charge in [-0.15, -0.1) is 5.10 Å². The molecular weight excluding hydrogens is 256 g/mol. The van der Waals surface area contributed by atoms with E-state index in [9.17, 15) is 0 Å². The van der Waals surface area contributed by atoms with Crippen molar-refractivity contribution in [2.24, 2.45) is 5.11 Å². The molecule has 0 aliphatic rings. The van der Waals surface area contributed by atoms with Gasteiger partial charge in [-0.1, -0.05) is 17.3 Å². The fraction of sp³-hybridized carbons (Fsp3) is 0.385. The molecule has 0 aliphatic heterocycles. The Morgan fingerprint density at radius 2 is 2.15 bits per heavy atom. The molecule has 0 bridgehead atoms. The van der Waals surface area contributed by atoms with E-state index in [0.29, 0.717) is 12.3 Å². The first-order valence-electron chi connectivity index (χ1n) is 6.49. The summed E-state index contributed by atoms with van der Waals surface area (Å²) in [6.45, 7) is 3.43. The summed E-state index contributed by atoms with van der Waals surface area (Å²) in [7, 11) is 0. The van der Waals surface area contributed by atoms with Crippen molar-refractivity contribution in [1.82, 2.24) is 15.0 Å². The molecule has 2 rings (SSSR count). The molecule has 0 unspecified atom stereocenters. The largest absolute Gasteiger partial charge is 0.494 e. The first-order valence-corrected chi connectivity index (χ1v) is 6.49.